The zero-order chi connectivity index (χ0) is 19.2. The van der Waals surface area contributed by atoms with Crippen molar-refractivity contribution in [3.8, 4) is 11.5 Å². The molecule has 0 amide bonds. The Labute approximate surface area is 158 Å². The third-order valence-electron chi connectivity index (χ3n) is 4.98. The molecule has 1 aliphatic heterocycles. The highest BCUT2D eigenvalue weighted by Gasteiger charge is 2.24. The van der Waals surface area contributed by atoms with Gasteiger partial charge in [-0.1, -0.05) is 36.8 Å². The number of benzene rings is 1. The van der Waals surface area contributed by atoms with Crippen molar-refractivity contribution in [2.75, 3.05) is 20.1 Å². The molecule has 7 nitrogen and oxygen atoms in total. The highest BCUT2D eigenvalue weighted by molar-refractivity contribution is 5.37. The number of aromatic nitrogens is 1. The molecule has 1 unspecified atom stereocenters. The van der Waals surface area contributed by atoms with Crippen molar-refractivity contribution in [2.24, 2.45) is 0 Å². The zero-order valence-corrected chi connectivity index (χ0v) is 15.5. The Hall–Kier alpha value is -2.35. The summed E-state index contributed by atoms with van der Waals surface area (Å²) in [5.74, 6) is -0.193. The molecule has 1 aromatic carbocycles. The number of aliphatic hydroxyl groups is 1. The lowest BCUT2D eigenvalue weighted by molar-refractivity contribution is -0.139. The second kappa shape index (κ2) is 9.03. The molecule has 1 fully saturated rings. The fourth-order valence-corrected chi connectivity index (χ4v) is 3.58. The molecule has 0 radical (unpaired) electrons. The van der Waals surface area contributed by atoms with Crippen LogP contribution in [0.3, 0.4) is 0 Å². The Bertz CT molecular complexity index is 806. The summed E-state index contributed by atoms with van der Waals surface area (Å²) in [5, 5.41) is 19.2. The monoisotopic (exact) mass is 374 g/mol. The Balaban J connectivity index is 1.99. The summed E-state index contributed by atoms with van der Waals surface area (Å²) >= 11 is 0. The number of aliphatic hydroxyl groups excluding tert-OH is 1. The standard InChI is InChI=1S/C20H26N2O5/c1-21-10-6-5-9-16(11-21)22-12-18(27-25)19(24)20(17(22)13-23)26-14-15-7-3-2-4-8-15/h2-4,7-8,12,16,23,25H,5-6,9-11,13-14H2,1H3. The van der Waals surface area contributed by atoms with Crippen molar-refractivity contribution in [3.05, 3.63) is 58.0 Å². The summed E-state index contributed by atoms with van der Waals surface area (Å²) in [4.78, 5) is 19.2. The maximum Gasteiger partial charge on any atom is 0.269 e. The van der Waals surface area contributed by atoms with E-state index in [1.54, 1.807) is 0 Å². The predicted octanol–water partition coefficient (Wildman–Crippen LogP) is 2.43. The van der Waals surface area contributed by atoms with Crippen LogP contribution in [0, 0.1) is 0 Å². The molecule has 3 rings (SSSR count). The first-order valence-electron chi connectivity index (χ1n) is 9.19. The molecule has 1 saturated heterocycles. The summed E-state index contributed by atoms with van der Waals surface area (Å²) in [6, 6.07) is 9.51. The number of nitrogens with zero attached hydrogens (tertiary/aromatic N) is 2. The number of likely N-dealkylation sites (tertiary alicyclic amines) is 1. The van der Waals surface area contributed by atoms with E-state index in [-0.39, 0.29) is 30.8 Å². The van der Waals surface area contributed by atoms with E-state index in [0.717, 1.165) is 37.9 Å². The van der Waals surface area contributed by atoms with Crippen molar-refractivity contribution in [3.63, 3.8) is 0 Å². The molecule has 2 aromatic rings. The quantitative estimate of drug-likeness (QED) is 0.597. The molecular formula is C20H26N2O5. The average Bonchev–Trinajstić information content (AvgIpc) is 2.91. The topological polar surface area (TPSA) is 84.2 Å². The van der Waals surface area contributed by atoms with E-state index in [1.807, 2.05) is 34.9 Å². The molecule has 2 heterocycles. The third-order valence-corrected chi connectivity index (χ3v) is 4.98. The van der Waals surface area contributed by atoms with E-state index in [0.29, 0.717) is 5.69 Å². The van der Waals surface area contributed by atoms with Gasteiger partial charge in [0.25, 0.3) is 5.43 Å². The minimum Gasteiger partial charge on any atom is -0.483 e. The second-order valence-electron chi connectivity index (χ2n) is 6.94. The van der Waals surface area contributed by atoms with Crippen LogP contribution in [0.25, 0.3) is 0 Å². The van der Waals surface area contributed by atoms with Crippen LogP contribution in [0.15, 0.2) is 41.3 Å². The van der Waals surface area contributed by atoms with E-state index in [2.05, 4.69) is 16.8 Å². The van der Waals surface area contributed by atoms with Crippen molar-refractivity contribution in [1.29, 1.82) is 0 Å². The van der Waals surface area contributed by atoms with Crippen LogP contribution >= 0.6 is 0 Å². The van der Waals surface area contributed by atoms with Gasteiger partial charge >= 0.3 is 0 Å². The third kappa shape index (κ3) is 4.50. The van der Waals surface area contributed by atoms with Crippen LogP contribution in [0.5, 0.6) is 11.5 Å². The van der Waals surface area contributed by atoms with Crippen LogP contribution in [0.1, 0.15) is 36.6 Å². The maximum absolute atomic E-state index is 12.6. The number of hydrogen-bond donors (Lipinski definition) is 2. The zero-order valence-electron chi connectivity index (χ0n) is 15.5. The molecular weight excluding hydrogens is 348 g/mol. The molecule has 1 aliphatic rings. The average molecular weight is 374 g/mol. The van der Waals surface area contributed by atoms with Gasteiger partial charge in [0.2, 0.25) is 5.75 Å². The van der Waals surface area contributed by atoms with E-state index in [9.17, 15) is 15.2 Å². The largest absolute Gasteiger partial charge is 0.483 e. The molecule has 27 heavy (non-hydrogen) atoms. The Morgan fingerprint density at radius 3 is 2.70 bits per heavy atom. The van der Waals surface area contributed by atoms with E-state index >= 15 is 0 Å². The van der Waals surface area contributed by atoms with Gasteiger partial charge < -0.3 is 24.2 Å². The number of ether oxygens (including phenoxy) is 1. The van der Waals surface area contributed by atoms with Crippen molar-refractivity contribution < 1.29 is 20.0 Å². The first kappa shape index (κ1) is 19.4. The van der Waals surface area contributed by atoms with Crippen LogP contribution in [-0.4, -0.2) is 40.0 Å². The molecule has 146 valence electrons. The minimum atomic E-state index is -0.573. The van der Waals surface area contributed by atoms with Crippen molar-refractivity contribution >= 4 is 0 Å². The SMILES string of the molecule is CN1CCCCC(n2cc(OO)c(=O)c(OCc3ccccc3)c2CO)C1. The molecule has 0 saturated carbocycles. The normalized spacial score (nSPS) is 18.1. The fourth-order valence-electron chi connectivity index (χ4n) is 3.58. The van der Waals surface area contributed by atoms with Gasteiger partial charge in [0.15, 0.2) is 5.75 Å². The number of hydrogen-bond acceptors (Lipinski definition) is 6. The lowest BCUT2D eigenvalue weighted by atomic mass is 10.1. The van der Waals surface area contributed by atoms with Crippen molar-refractivity contribution in [2.45, 2.75) is 38.5 Å². The van der Waals surface area contributed by atoms with E-state index < -0.39 is 5.43 Å². The van der Waals surface area contributed by atoms with Gasteiger partial charge in [0.1, 0.15) is 6.61 Å². The van der Waals surface area contributed by atoms with Crippen LogP contribution in [0.2, 0.25) is 0 Å². The highest BCUT2D eigenvalue weighted by Crippen LogP contribution is 2.28. The maximum atomic E-state index is 12.6. The number of pyridine rings is 1. The van der Waals surface area contributed by atoms with Gasteiger partial charge in [-0.05, 0) is 32.0 Å². The number of likely N-dealkylation sites (N-methyl/N-ethyl adjacent to an activating group) is 1. The van der Waals surface area contributed by atoms with Crippen molar-refractivity contribution in [1.82, 2.24) is 9.47 Å². The summed E-state index contributed by atoms with van der Waals surface area (Å²) in [5.41, 5.74) is 0.726. The lowest BCUT2D eigenvalue weighted by Crippen LogP contribution is -2.29. The van der Waals surface area contributed by atoms with Gasteiger partial charge in [0.05, 0.1) is 18.5 Å². The van der Waals surface area contributed by atoms with Gasteiger partial charge in [-0.25, -0.2) is 5.26 Å². The molecule has 0 spiro atoms. The van der Waals surface area contributed by atoms with E-state index in [1.165, 1.54) is 6.20 Å². The second-order valence-corrected chi connectivity index (χ2v) is 6.94. The first-order valence-corrected chi connectivity index (χ1v) is 9.19. The molecule has 0 bridgehead atoms. The molecule has 1 atom stereocenters. The molecule has 7 heteroatoms. The molecule has 0 aliphatic carbocycles. The lowest BCUT2D eigenvalue weighted by Gasteiger charge is -2.26. The van der Waals surface area contributed by atoms with Gasteiger partial charge in [-0.3, -0.25) is 4.79 Å². The summed E-state index contributed by atoms with van der Waals surface area (Å²) in [6.07, 6.45) is 4.51. The highest BCUT2D eigenvalue weighted by atomic mass is 17.1. The van der Waals surface area contributed by atoms with Gasteiger partial charge in [-0.2, -0.15) is 0 Å². The molecule has 2 N–H and O–H groups in total. The summed E-state index contributed by atoms with van der Waals surface area (Å²) in [6.45, 7) is 1.62. The summed E-state index contributed by atoms with van der Waals surface area (Å²) in [7, 11) is 2.05. The summed E-state index contributed by atoms with van der Waals surface area (Å²) < 4.78 is 7.59. The predicted molar refractivity (Wildman–Crippen MR) is 101 cm³/mol. The minimum absolute atomic E-state index is 0.0137. The smallest absolute Gasteiger partial charge is 0.269 e. The van der Waals surface area contributed by atoms with E-state index in [4.69, 9.17) is 4.74 Å². The molecule has 1 aromatic heterocycles. The first-order chi connectivity index (χ1) is 13.1. The van der Waals surface area contributed by atoms with Crippen LogP contribution < -0.4 is 15.1 Å². The van der Waals surface area contributed by atoms with Gasteiger partial charge in [-0.15, -0.1) is 0 Å². The van der Waals surface area contributed by atoms with Crippen LogP contribution in [-0.2, 0) is 13.2 Å². The Kier molecular flexibility index (Phi) is 6.49. The Morgan fingerprint density at radius 2 is 2.00 bits per heavy atom. The van der Waals surface area contributed by atoms with Crippen LogP contribution in [0.4, 0.5) is 0 Å². The van der Waals surface area contributed by atoms with Gasteiger partial charge in [0, 0.05) is 12.6 Å². The Morgan fingerprint density at radius 1 is 1.22 bits per heavy atom. The number of rotatable bonds is 6. The fraction of sp³-hybridized carbons (Fsp3) is 0.450.